The summed E-state index contributed by atoms with van der Waals surface area (Å²) in [5.41, 5.74) is 2.84. The molecular weight excluding hydrogens is 352 g/mol. The molecule has 1 heteroatoms. The van der Waals surface area contributed by atoms with E-state index in [0.29, 0.717) is 0 Å². The first kappa shape index (κ1) is 22.3. The third kappa shape index (κ3) is 7.14. The van der Waals surface area contributed by atoms with Crippen molar-refractivity contribution in [2.75, 3.05) is 6.61 Å². The first-order chi connectivity index (χ1) is 14.3. The minimum atomic E-state index is 0.719. The quantitative estimate of drug-likeness (QED) is 0.303. The summed E-state index contributed by atoms with van der Waals surface area (Å²) < 4.78 is 5.73. The average molecular weight is 395 g/mol. The van der Waals surface area contributed by atoms with E-state index in [1.165, 1.54) is 63.4 Å². The summed E-state index contributed by atoms with van der Waals surface area (Å²) >= 11 is 0. The van der Waals surface area contributed by atoms with Gasteiger partial charge in [-0.15, -0.1) is 0 Å². The van der Waals surface area contributed by atoms with Gasteiger partial charge in [-0.25, -0.2) is 0 Å². The van der Waals surface area contributed by atoms with Gasteiger partial charge in [0.25, 0.3) is 0 Å². The Labute approximate surface area is 179 Å². The van der Waals surface area contributed by atoms with Crippen molar-refractivity contribution in [3.63, 3.8) is 0 Å². The number of hydrogen-bond donors (Lipinski definition) is 0. The van der Waals surface area contributed by atoms with Crippen molar-refractivity contribution in [3.05, 3.63) is 59.7 Å². The number of allylic oxidation sites excluding steroid dienone is 3. The minimum Gasteiger partial charge on any atom is -0.373 e. The Balaban J connectivity index is 1.39. The second-order valence-electron chi connectivity index (χ2n) is 9.26. The summed E-state index contributed by atoms with van der Waals surface area (Å²) in [5.74, 6) is 3.64. The zero-order valence-corrected chi connectivity index (χ0v) is 18.8. The van der Waals surface area contributed by atoms with Gasteiger partial charge in [0.1, 0.15) is 0 Å². The van der Waals surface area contributed by atoms with Crippen LogP contribution in [0.25, 0.3) is 0 Å². The molecule has 0 amide bonds. The van der Waals surface area contributed by atoms with Gasteiger partial charge in [-0.3, -0.25) is 0 Å². The lowest BCUT2D eigenvalue weighted by molar-refractivity contribution is 0.148. The van der Waals surface area contributed by atoms with Crippen LogP contribution in [0.2, 0.25) is 0 Å². The summed E-state index contributed by atoms with van der Waals surface area (Å²) in [7, 11) is 0. The lowest BCUT2D eigenvalue weighted by Gasteiger charge is -2.37. The number of hydrogen-bond acceptors (Lipinski definition) is 1. The van der Waals surface area contributed by atoms with Crippen molar-refractivity contribution in [1.82, 2.24) is 0 Å². The maximum atomic E-state index is 5.73. The first-order valence-corrected chi connectivity index (χ1v) is 12.3. The molecule has 160 valence electrons. The van der Waals surface area contributed by atoms with Crippen molar-refractivity contribution in [2.24, 2.45) is 17.8 Å². The highest BCUT2D eigenvalue weighted by molar-refractivity contribution is 5.25. The van der Waals surface area contributed by atoms with Crippen LogP contribution in [-0.4, -0.2) is 6.61 Å². The van der Waals surface area contributed by atoms with E-state index < -0.39 is 0 Å². The Kier molecular flexibility index (Phi) is 9.54. The molecule has 1 aromatic rings. The third-order valence-electron chi connectivity index (χ3n) is 7.24. The fourth-order valence-corrected chi connectivity index (χ4v) is 5.43. The Morgan fingerprint density at radius 1 is 0.759 bits per heavy atom. The van der Waals surface area contributed by atoms with E-state index in [0.717, 1.165) is 43.3 Å². The van der Waals surface area contributed by atoms with Gasteiger partial charge >= 0.3 is 0 Å². The molecule has 2 aliphatic carbocycles. The van der Waals surface area contributed by atoms with Crippen LogP contribution in [0, 0.1) is 17.8 Å². The maximum absolute atomic E-state index is 5.73. The van der Waals surface area contributed by atoms with Crippen LogP contribution in [0.5, 0.6) is 0 Å². The van der Waals surface area contributed by atoms with Gasteiger partial charge in [0, 0.05) is 0 Å². The van der Waals surface area contributed by atoms with Crippen LogP contribution in [-0.2, 0) is 11.3 Å². The number of rotatable bonds is 9. The zero-order valence-electron chi connectivity index (χ0n) is 18.8. The van der Waals surface area contributed by atoms with E-state index >= 15 is 0 Å². The average Bonchev–Trinajstić information content (AvgIpc) is 2.78. The minimum absolute atomic E-state index is 0.719. The van der Waals surface area contributed by atoms with Crippen LogP contribution in [0.4, 0.5) is 0 Å². The van der Waals surface area contributed by atoms with Gasteiger partial charge in [0.05, 0.1) is 13.2 Å². The summed E-state index contributed by atoms with van der Waals surface area (Å²) in [6, 6.07) is 9.26. The van der Waals surface area contributed by atoms with Crippen LogP contribution in [0.15, 0.2) is 48.6 Å². The molecule has 29 heavy (non-hydrogen) atoms. The highest BCUT2D eigenvalue weighted by Crippen LogP contribution is 2.44. The standard InChI is InChI=1S/C28H42O/c1-3-5-7-21-29-22-24-11-15-26(16-12-24)28-19-17-27(18-20-28)25-13-9-23(10-14-25)8-6-4-2/h5-8,11-12,15-16,23,25,27-28H,3-4,9-10,13-14,17-22H2,1-2H3/b7-5?,8-6+/t23-,25-,27?,28?. The molecule has 2 fully saturated rings. The van der Waals surface area contributed by atoms with Crippen molar-refractivity contribution in [2.45, 2.75) is 90.6 Å². The predicted molar refractivity (Wildman–Crippen MR) is 125 cm³/mol. The molecule has 0 atom stereocenters. The Hall–Kier alpha value is -1.34. The van der Waals surface area contributed by atoms with Crippen molar-refractivity contribution < 1.29 is 4.74 Å². The van der Waals surface area contributed by atoms with Crippen molar-refractivity contribution >= 4 is 0 Å². The molecule has 0 aliphatic heterocycles. The molecular formula is C28H42O. The summed E-state index contributed by atoms with van der Waals surface area (Å²) in [6.45, 7) is 5.83. The molecule has 0 bridgehead atoms. The molecule has 0 unspecified atom stereocenters. The fourth-order valence-electron chi connectivity index (χ4n) is 5.43. The van der Waals surface area contributed by atoms with E-state index in [9.17, 15) is 0 Å². The lowest BCUT2D eigenvalue weighted by Crippen LogP contribution is -2.25. The number of ether oxygens (including phenoxy) is 1. The predicted octanol–water partition coefficient (Wildman–Crippen LogP) is 8.22. The Bertz CT molecular complexity index is 610. The molecule has 3 rings (SSSR count). The van der Waals surface area contributed by atoms with Crippen LogP contribution in [0.1, 0.15) is 95.1 Å². The lowest BCUT2D eigenvalue weighted by atomic mass is 9.68. The summed E-state index contributed by atoms with van der Waals surface area (Å²) in [4.78, 5) is 0. The molecule has 1 aromatic carbocycles. The Morgan fingerprint density at radius 3 is 2.00 bits per heavy atom. The zero-order chi connectivity index (χ0) is 20.3. The first-order valence-electron chi connectivity index (χ1n) is 12.3. The molecule has 0 aromatic heterocycles. The monoisotopic (exact) mass is 394 g/mol. The fraction of sp³-hybridized carbons (Fsp3) is 0.643. The Morgan fingerprint density at radius 2 is 1.38 bits per heavy atom. The van der Waals surface area contributed by atoms with Gasteiger partial charge in [-0.1, -0.05) is 62.4 Å². The molecule has 0 radical (unpaired) electrons. The van der Waals surface area contributed by atoms with Gasteiger partial charge in [0.2, 0.25) is 0 Å². The van der Waals surface area contributed by atoms with Gasteiger partial charge in [-0.2, -0.15) is 0 Å². The van der Waals surface area contributed by atoms with E-state index in [1.54, 1.807) is 5.56 Å². The molecule has 2 saturated carbocycles. The summed E-state index contributed by atoms with van der Waals surface area (Å²) in [6.07, 6.45) is 22.9. The van der Waals surface area contributed by atoms with Crippen LogP contribution >= 0.6 is 0 Å². The molecule has 1 nitrogen and oxygen atoms in total. The molecule has 0 saturated heterocycles. The maximum Gasteiger partial charge on any atom is 0.0721 e. The van der Waals surface area contributed by atoms with Gasteiger partial charge in [-0.05, 0) is 99.0 Å². The number of benzene rings is 1. The topological polar surface area (TPSA) is 9.23 Å². The normalized spacial score (nSPS) is 28.3. The van der Waals surface area contributed by atoms with Gasteiger partial charge < -0.3 is 4.74 Å². The third-order valence-corrected chi connectivity index (χ3v) is 7.24. The highest BCUT2D eigenvalue weighted by Gasteiger charge is 2.30. The largest absolute Gasteiger partial charge is 0.373 e. The van der Waals surface area contributed by atoms with Crippen LogP contribution in [0.3, 0.4) is 0 Å². The van der Waals surface area contributed by atoms with Gasteiger partial charge in [0.15, 0.2) is 0 Å². The van der Waals surface area contributed by atoms with E-state index in [1.807, 2.05) is 0 Å². The van der Waals surface area contributed by atoms with Crippen molar-refractivity contribution in [1.29, 1.82) is 0 Å². The smallest absolute Gasteiger partial charge is 0.0721 e. The van der Waals surface area contributed by atoms with E-state index in [4.69, 9.17) is 4.74 Å². The molecule has 0 spiro atoms. The second-order valence-corrected chi connectivity index (χ2v) is 9.26. The SMILES string of the molecule is CCC=CCOCc1ccc(C2CCC([C@H]3CC[C@H](/C=C/CC)CC3)CC2)cc1. The highest BCUT2D eigenvalue weighted by atomic mass is 16.5. The van der Waals surface area contributed by atoms with Crippen LogP contribution < -0.4 is 0 Å². The summed E-state index contributed by atoms with van der Waals surface area (Å²) in [5, 5.41) is 0. The molecule has 2 aliphatic rings. The van der Waals surface area contributed by atoms with E-state index in [-0.39, 0.29) is 0 Å². The molecule has 0 heterocycles. The second kappa shape index (κ2) is 12.4. The molecule has 0 N–H and O–H groups in total. The van der Waals surface area contributed by atoms with Crippen molar-refractivity contribution in [3.8, 4) is 0 Å². The van der Waals surface area contributed by atoms with E-state index in [2.05, 4.69) is 62.4 Å².